The molecule has 0 atom stereocenters. The number of thiophene rings is 1. The molecule has 2 aromatic rings. The van der Waals surface area contributed by atoms with Crippen LogP contribution in [-0.4, -0.2) is 19.9 Å². The average molecular weight is 325 g/mol. The minimum atomic E-state index is -3.59. The summed E-state index contributed by atoms with van der Waals surface area (Å²) < 4.78 is 27.7. The van der Waals surface area contributed by atoms with E-state index in [2.05, 4.69) is 21.9 Å². The Hall–Kier alpha value is -1.44. The van der Waals surface area contributed by atoms with E-state index in [0.717, 1.165) is 23.4 Å². The van der Waals surface area contributed by atoms with Crippen LogP contribution in [0, 0.1) is 6.92 Å². The highest BCUT2D eigenvalue weighted by Gasteiger charge is 2.22. The molecule has 114 valence electrons. The van der Waals surface area contributed by atoms with Gasteiger partial charge in [-0.1, -0.05) is 6.92 Å². The van der Waals surface area contributed by atoms with Gasteiger partial charge in [-0.25, -0.2) is 8.42 Å². The Morgan fingerprint density at radius 3 is 2.86 bits per heavy atom. The van der Waals surface area contributed by atoms with Gasteiger partial charge in [0.2, 0.25) is 0 Å². The molecule has 0 fully saturated rings. The molecule has 0 saturated carbocycles. The smallest absolute Gasteiger partial charge is 0.263 e. The number of hydrogen-bond acceptors (Lipinski definition) is 5. The van der Waals surface area contributed by atoms with E-state index < -0.39 is 10.0 Å². The lowest BCUT2D eigenvalue weighted by Gasteiger charge is -2.10. The maximum atomic E-state index is 12.6. The molecule has 0 aliphatic rings. The molecule has 0 unspecified atom stereocenters. The van der Waals surface area contributed by atoms with Crippen molar-refractivity contribution in [3.05, 3.63) is 40.3 Å². The molecule has 21 heavy (non-hydrogen) atoms. The molecule has 2 heterocycles. The first-order valence-electron chi connectivity index (χ1n) is 6.75. The topological polar surface area (TPSA) is 71.1 Å². The van der Waals surface area contributed by atoms with Crippen LogP contribution < -0.4 is 10.0 Å². The third kappa shape index (κ3) is 4.03. The van der Waals surface area contributed by atoms with Crippen LogP contribution in [0.3, 0.4) is 0 Å². The highest BCUT2D eigenvalue weighted by molar-refractivity contribution is 7.93. The first-order chi connectivity index (χ1) is 10.0. The molecule has 0 aliphatic carbocycles. The van der Waals surface area contributed by atoms with Crippen molar-refractivity contribution in [1.82, 2.24) is 10.3 Å². The van der Waals surface area contributed by atoms with E-state index in [1.807, 2.05) is 12.3 Å². The fourth-order valence-electron chi connectivity index (χ4n) is 1.98. The summed E-state index contributed by atoms with van der Waals surface area (Å²) in [5.41, 5.74) is 1.24. The molecule has 0 bridgehead atoms. The molecule has 7 heteroatoms. The Morgan fingerprint density at radius 2 is 2.19 bits per heavy atom. The van der Waals surface area contributed by atoms with Gasteiger partial charge >= 0.3 is 0 Å². The van der Waals surface area contributed by atoms with Crippen LogP contribution in [-0.2, 0) is 16.6 Å². The van der Waals surface area contributed by atoms with Crippen LogP contribution in [0.4, 0.5) is 5.69 Å². The number of sulfonamides is 1. The molecule has 0 saturated heterocycles. The zero-order valence-corrected chi connectivity index (χ0v) is 13.7. The van der Waals surface area contributed by atoms with Gasteiger partial charge in [0.05, 0.1) is 11.9 Å². The predicted molar refractivity (Wildman–Crippen MR) is 86.1 cm³/mol. The molecule has 0 radical (unpaired) electrons. The van der Waals surface area contributed by atoms with E-state index in [4.69, 9.17) is 0 Å². The van der Waals surface area contributed by atoms with Crippen molar-refractivity contribution in [1.29, 1.82) is 0 Å². The second-order valence-corrected chi connectivity index (χ2v) is 7.28. The van der Waals surface area contributed by atoms with Crippen LogP contribution in [0.5, 0.6) is 0 Å². The lowest BCUT2D eigenvalue weighted by atomic mass is 10.3. The Morgan fingerprint density at radius 1 is 1.38 bits per heavy atom. The summed E-state index contributed by atoms with van der Waals surface area (Å²) in [4.78, 5) is 5.12. The number of aromatic nitrogens is 1. The molecule has 2 aromatic heterocycles. The van der Waals surface area contributed by atoms with Crippen LogP contribution in [0.15, 0.2) is 34.8 Å². The lowest BCUT2D eigenvalue weighted by Crippen LogP contribution is -2.18. The lowest BCUT2D eigenvalue weighted by molar-refractivity contribution is 0.598. The largest absolute Gasteiger partial charge is 0.312 e. The van der Waals surface area contributed by atoms with E-state index in [1.54, 1.807) is 18.3 Å². The summed E-state index contributed by atoms with van der Waals surface area (Å²) in [6.07, 6.45) is 4.11. The summed E-state index contributed by atoms with van der Waals surface area (Å²) in [6, 6.07) is 3.38. The molecule has 0 spiro atoms. The number of rotatable bonds is 7. The van der Waals surface area contributed by atoms with Crippen LogP contribution in [0.2, 0.25) is 0 Å². The van der Waals surface area contributed by atoms with Crippen molar-refractivity contribution >= 4 is 27.0 Å². The first-order valence-corrected chi connectivity index (χ1v) is 9.11. The fraction of sp³-hybridized carbons (Fsp3) is 0.357. The van der Waals surface area contributed by atoms with Gasteiger partial charge in [-0.2, -0.15) is 0 Å². The normalized spacial score (nSPS) is 11.5. The van der Waals surface area contributed by atoms with Gasteiger partial charge in [-0.05, 0) is 43.0 Å². The van der Waals surface area contributed by atoms with E-state index >= 15 is 0 Å². The van der Waals surface area contributed by atoms with Crippen molar-refractivity contribution in [2.75, 3.05) is 11.3 Å². The van der Waals surface area contributed by atoms with Gasteiger partial charge in [-0.15, -0.1) is 11.3 Å². The number of aryl methyl sites for hydroxylation is 1. The predicted octanol–water partition coefficient (Wildman–Crippen LogP) is 2.75. The SMILES string of the molecule is CCCNCc1scc(C)c1S(=O)(=O)Nc1cccnc1. The van der Waals surface area contributed by atoms with Gasteiger partial charge in [0.25, 0.3) is 10.0 Å². The van der Waals surface area contributed by atoms with Crippen molar-refractivity contribution < 1.29 is 8.42 Å². The third-order valence-electron chi connectivity index (χ3n) is 2.88. The summed E-state index contributed by atoms with van der Waals surface area (Å²) in [5, 5.41) is 5.12. The summed E-state index contributed by atoms with van der Waals surface area (Å²) in [6.45, 7) is 5.33. The van der Waals surface area contributed by atoms with E-state index in [9.17, 15) is 8.42 Å². The number of pyridine rings is 1. The van der Waals surface area contributed by atoms with Gasteiger partial charge in [-0.3, -0.25) is 9.71 Å². The summed E-state index contributed by atoms with van der Waals surface area (Å²) in [7, 11) is -3.59. The zero-order valence-electron chi connectivity index (χ0n) is 12.1. The molecule has 0 aliphatic heterocycles. The highest BCUT2D eigenvalue weighted by atomic mass is 32.2. The molecule has 2 rings (SSSR count). The van der Waals surface area contributed by atoms with E-state index in [1.165, 1.54) is 17.5 Å². The second-order valence-electron chi connectivity index (χ2n) is 4.69. The van der Waals surface area contributed by atoms with Crippen molar-refractivity contribution in [2.45, 2.75) is 31.7 Å². The summed E-state index contributed by atoms with van der Waals surface area (Å²) >= 11 is 1.47. The molecule has 0 amide bonds. The van der Waals surface area contributed by atoms with Crippen LogP contribution in [0.1, 0.15) is 23.8 Å². The van der Waals surface area contributed by atoms with Crippen LogP contribution in [0.25, 0.3) is 0 Å². The third-order valence-corrected chi connectivity index (χ3v) is 5.73. The Balaban J connectivity index is 2.25. The molecule has 0 aromatic carbocycles. The number of nitrogens with zero attached hydrogens (tertiary/aromatic N) is 1. The average Bonchev–Trinajstić information content (AvgIpc) is 2.82. The van der Waals surface area contributed by atoms with Gasteiger partial charge < -0.3 is 5.32 Å². The minimum absolute atomic E-state index is 0.375. The molecule has 2 N–H and O–H groups in total. The summed E-state index contributed by atoms with van der Waals surface area (Å²) in [5.74, 6) is 0. The van der Waals surface area contributed by atoms with Gasteiger partial charge in [0, 0.05) is 17.6 Å². The number of hydrogen-bond donors (Lipinski definition) is 2. The van der Waals surface area contributed by atoms with Crippen molar-refractivity contribution in [3.63, 3.8) is 0 Å². The van der Waals surface area contributed by atoms with Crippen molar-refractivity contribution in [3.8, 4) is 0 Å². The van der Waals surface area contributed by atoms with Gasteiger partial charge in [0.1, 0.15) is 4.90 Å². The van der Waals surface area contributed by atoms with Crippen LogP contribution >= 0.6 is 11.3 Å². The second kappa shape index (κ2) is 7.02. The number of nitrogens with one attached hydrogen (secondary N) is 2. The molecular weight excluding hydrogens is 306 g/mol. The fourth-order valence-corrected chi connectivity index (χ4v) is 4.80. The molecule has 5 nitrogen and oxygen atoms in total. The minimum Gasteiger partial charge on any atom is -0.312 e. The molecular formula is C14H19N3O2S2. The van der Waals surface area contributed by atoms with Gasteiger partial charge in [0.15, 0.2) is 0 Å². The monoisotopic (exact) mass is 325 g/mol. The standard InChI is InChI=1S/C14H19N3O2S2/c1-3-6-15-9-13-14(11(2)10-20-13)21(18,19)17-12-5-4-7-16-8-12/h4-5,7-8,10,15,17H,3,6,9H2,1-2H3. The Labute approximate surface area is 129 Å². The Bertz CT molecular complexity index is 681. The Kier molecular flexibility index (Phi) is 5.33. The zero-order chi connectivity index (χ0) is 15.3. The van der Waals surface area contributed by atoms with Crippen molar-refractivity contribution in [2.24, 2.45) is 0 Å². The highest BCUT2D eigenvalue weighted by Crippen LogP contribution is 2.28. The van der Waals surface area contributed by atoms with E-state index in [-0.39, 0.29) is 0 Å². The number of anilines is 1. The quantitative estimate of drug-likeness (QED) is 0.768. The van der Waals surface area contributed by atoms with E-state index in [0.29, 0.717) is 17.1 Å². The maximum absolute atomic E-state index is 12.6. The maximum Gasteiger partial charge on any atom is 0.263 e. The first kappa shape index (κ1) is 15.9.